The molecule has 0 fully saturated rings. The van der Waals surface area contributed by atoms with Gasteiger partial charge in [0.2, 0.25) is 11.9 Å². The molecule has 0 radical (unpaired) electrons. The molecule has 0 bridgehead atoms. The molecular formula is C27H25N3O4. The van der Waals surface area contributed by atoms with E-state index in [9.17, 15) is 14.7 Å². The van der Waals surface area contributed by atoms with Crippen molar-refractivity contribution in [3.8, 4) is 5.75 Å². The van der Waals surface area contributed by atoms with Crippen molar-refractivity contribution in [2.75, 3.05) is 18.1 Å². The van der Waals surface area contributed by atoms with E-state index in [2.05, 4.69) is 0 Å². The first-order chi connectivity index (χ1) is 16.6. The molecule has 2 unspecified atom stereocenters. The van der Waals surface area contributed by atoms with Crippen LogP contribution in [0.1, 0.15) is 24.1 Å². The summed E-state index contributed by atoms with van der Waals surface area (Å²) in [6.45, 7) is 2.28. The fraction of sp³-hybridized carbons (Fsp3) is 0.222. The smallest absolute Gasteiger partial charge is 0.321 e. The number of hydrogen-bond acceptors (Lipinski definition) is 5. The minimum atomic E-state index is -1.08. The topological polar surface area (TPSA) is 84.7 Å². The van der Waals surface area contributed by atoms with Crippen LogP contribution in [0.25, 0.3) is 11.0 Å². The van der Waals surface area contributed by atoms with Crippen LogP contribution in [0, 0.1) is 5.92 Å². The number of phenols is 1. The van der Waals surface area contributed by atoms with Crippen molar-refractivity contribution in [1.29, 1.82) is 0 Å². The number of ether oxygens (including phenoxy) is 1. The third-order valence-electron chi connectivity index (χ3n) is 6.19. The number of hydrogen-bond donors (Lipinski definition) is 1. The highest BCUT2D eigenvalue weighted by atomic mass is 16.5. The molecule has 0 aliphatic carbocycles. The van der Waals surface area contributed by atoms with Crippen molar-refractivity contribution in [2.24, 2.45) is 5.92 Å². The highest BCUT2D eigenvalue weighted by molar-refractivity contribution is 6.08. The summed E-state index contributed by atoms with van der Waals surface area (Å²) in [7, 11) is 0. The van der Waals surface area contributed by atoms with E-state index in [0.29, 0.717) is 18.9 Å². The zero-order valence-corrected chi connectivity index (χ0v) is 18.8. The van der Waals surface area contributed by atoms with Crippen molar-refractivity contribution >= 4 is 28.9 Å². The maximum absolute atomic E-state index is 13.9. The van der Waals surface area contributed by atoms with E-state index in [-0.39, 0.29) is 18.3 Å². The third-order valence-corrected chi connectivity index (χ3v) is 6.19. The van der Waals surface area contributed by atoms with Crippen molar-refractivity contribution in [3.05, 3.63) is 90.0 Å². The Hall–Kier alpha value is -4.13. The zero-order valence-electron chi connectivity index (χ0n) is 18.8. The summed E-state index contributed by atoms with van der Waals surface area (Å²) >= 11 is 0. The number of benzene rings is 3. The molecule has 0 saturated carbocycles. The summed E-state index contributed by atoms with van der Waals surface area (Å²) in [5.41, 5.74) is 3.37. The monoisotopic (exact) mass is 455 g/mol. The largest absolute Gasteiger partial charge is 0.508 e. The summed E-state index contributed by atoms with van der Waals surface area (Å²) in [6.07, 6.45) is 0.620. The molecule has 1 N–H and O–H groups in total. The van der Waals surface area contributed by atoms with Gasteiger partial charge in [-0.15, -0.1) is 0 Å². The van der Waals surface area contributed by atoms with Gasteiger partial charge >= 0.3 is 5.97 Å². The number of imidazole rings is 1. The minimum Gasteiger partial charge on any atom is -0.508 e. The van der Waals surface area contributed by atoms with E-state index in [4.69, 9.17) is 9.72 Å². The normalized spacial score (nSPS) is 17.6. The van der Waals surface area contributed by atoms with Crippen LogP contribution in [-0.2, 0) is 20.7 Å². The first kappa shape index (κ1) is 21.7. The molecule has 4 aromatic rings. The number of aromatic hydroxyl groups is 1. The van der Waals surface area contributed by atoms with E-state index < -0.39 is 17.9 Å². The highest BCUT2D eigenvalue weighted by Gasteiger charge is 2.47. The number of phenolic OH excluding ortho intramolecular Hbond substituents is 1. The molecule has 1 aromatic heterocycles. The molecule has 1 aliphatic rings. The van der Waals surface area contributed by atoms with Gasteiger partial charge in [-0.2, -0.15) is 0 Å². The first-order valence-corrected chi connectivity index (χ1v) is 11.4. The molecule has 34 heavy (non-hydrogen) atoms. The van der Waals surface area contributed by atoms with Crippen molar-refractivity contribution in [3.63, 3.8) is 0 Å². The zero-order chi connectivity index (χ0) is 23.7. The van der Waals surface area contributed by atoms with E-state index in [1.54, 1.807) is 36.1 Å². The Labute approximate surface area is 197 Å². The maximum atomic E-state index is 13.9. The Bertz CT molecular complexity index is 1330. The number of para-hydroxylation sites is 2. The Balaban J connectivity index is 1.68. The Morgan fingerprint density at radius 1 is 1.00 bits per heavy atom. The van der Waals surface area contributed by atoms with Crippen LogP contribution in [0.3, 0.4) is 0 Å². The predicted molar refractivity (Wildman–Crippen MR) is 129 cm³/mol. The van der Waals surface area contributed by atoms with Gasteiger partial charge < -0.3 is 14.4 Å². The second-order valence-electron chi connectivity index (χ2n) is 8.26. The summed E-state index contributed by atoms with van der Waals surface area (Å²) in [5, 5.41) is 9.83. The van der Waals surface area contributed by atoms with E-state index in [1.165, 1.54) is 0 Å². The predicted octanol–water partition coefficient (Wildman–Crippen LogP) is 4.10. The standard InChI is InChI=1S/C27H25N3O4/c1-2-34-26(33)23-24(19-12-14-20(31)15-13-19)30-22-11-7-6-10-21(22)28-27(30)29(25(23)32)17-16-18-8-4-3-5-9-18/h3-15,23-24,31H,2,16-17H2,1H3. The Morgan fingerprint density at radius 2 is 1.71 bits per heavy atom. The highest BCUT2D eigenvalue weighted by Crippen LogP contribution is 2.41. The van der Waals surface area contributed by atoms with Crippen molar-refractivity contribution in [2.45, 2.75) is 19.4 Å². The minimum absolute atomic E-state index is 0.110. The van der Waals surface area contributed by atoms with Crippen LogP contribution in [0.5, 0.6) is 5.75 Å². The van der Waals surface area contributed by atoms with Gasteiger partial charge in [0, 0.05) is 6.54 Å². The fourth-order valence-electron chi connectivity index (χ4n) is 4.62. The van der Waals surface area contributed by atoms with E-state index in [1.807, 2.05) is 59.2 Å². The number of aromatic nitrogens is 2. The molecule has 1 aliphatic heterocycles. The number of carbonyl (C=O) groups is 2. The summed E-state index contributed by atoms with van der Waals surface area (Å²) in [6, 6.07) is 23.5. The van der Waals surface area contributed by atoms with Crippen LogP contribution in [-0.4, -0.2) is 39.7 Å². The first-order valence-electron chi connectivity index (χ1n) is 11.4. The maximum Gasteiger partial charge on any atom is 0.321 e. The van der Waals surface area contributed by atoms with Crippen LogP contribution >= 0.6 is 0 Å². The lowest BCUT2D eigenvalue weighted by atomic mass is 9.89. The fourth-order valence-corrected chi connectivity index (χ4v) is 4.62. The van der Waals surface area contributed by atoms with Gasteiger partial charge in [-0.1, -0.05) is 54.6 Å². The van der Waals surface area contributed by atoms with Gasteiger partial charge in [-0.05, 0) is 48.7 Å². The number of anilines is 1. The van der Waals surface area contributed by atoms with Gasteiger partial charge in [0.05, 0.1) is 23.7 Å². The lowest BCUT2D eigenvalue weighted by molar-refractivity contribution is -0.153. The second kappa shape index (κ2) is 9.02. The van der Waals surface area contributed by atoms with Crippen LogP contribution in [0.2, 0.25) is 0 Å². The molecule has 7 nitrogen and oxygen atoms in total. The number of rotatable bonds is 6. The second-order valence-corrected chi connectivity index (χ2v) is 8.26. The SMILES string of the molecule is CCOC(=O)C1C(=O)N(CCc2ccccc2)c2nc3ccccc3n2C1c1ccc(O)cc1. The summed E-state index contributed by atoms with van der Waals surface area (Å²) in [5.74, 6) is -1.38. The number of nitrogens with zero attached hydrogens (tertiary/aromatic N) is 3. The number of esters is 1. The Morgan fingerprint density at radius 3 is 2.44 bits per heavy atom. The average Bonchev–Trinajstić information content (AvgIpc) is 3.23. The molecule has 2 atom stereocenters. The van der Waals surface area contributed by atoms with Gasteiger partial charge in [-0.25, -0.2) is 4.98 Å². The molecule has 0 saturated heterocycles. The molecular weight excluding hydrogens is 430 g/mol. The number of amides is 1. The summed E-state index contributed by atoms with van der Waals surface area (Å²) in [4.78, 5) is 33.5. The Kier molecular flexibility index (Phi) is 5.76. The van der Waals surface area contributed by atoms with Crippen LogP contribution in [0.4, 0.5) is 5.95 Å². The third kappa shape index (κ3) is 3.79. The quantitative estimate of drug-likeness (QED) is 0.350. The molecule has 0 spiro atoms. The molecule has 172 valence electrons. The molecule has 7 heteroatoms. The number of carbonyl (C=O) groups excluding carboxylic acids is 2. The van der Waals surface area contributed by atoms with E-state index in [0.717, 1.165) is 22.2 Å². The summed E-state index contributed by atoms with van der Waals surface area (Å²) < 4.78 is 7.33. The van der Waals surface area contributed by atoms with Crippen LogP contribution in [0.15, 0.2) is 78.9 Å². The lowest BCUT2D eigenvalue weighted by Crippen LogP contribution is -2.50. The van der Waals surface area contributed by atoms with E-state index >= 15 is 0 Å². The number of fused-ring (bicyclic) bond motifs is 3. The van der Waals surface area contributed by atoms with Gasteiger partial charge in [-0.3, -0.25) is 14.5 Å². The van der Waals surface area contributed by atoms with Crippen molar-refractivity contribution < 1.29 is 19.4 Å². The lowest BCUT2D eigenvalue weighted by Gasteiger charge is -2.38. The van der Waals surface area contributed by atoms with Gasteiger partial charge in [0.25, 0.3) is 0 Å². The molecule has 3 aromatic carbocycles. The molecule has 2 heterocycles. The molecule has 5 rings (SSSR count). The average molecular weight is 456 g/mol. The van der Waals surface area contributed by atoms with Crippen molar-refractivity contribution in [1.82, 2.24) is 9.55 Å². The van der Waals surface area contributed by atoms with Gasteiger partial charge in [0.15, 0.2) is 5.92 Å². The van der Waals surface area contributed by atoms with Gasteiger partial charge in [0.1, 0.15) is 5.75 Å². The molecule has 1 amide bonds. The van der Waals surface area contributed by atoms with Crippen LogP contribution < -0.4 is 4.90 Å².